The summed E-state index contributed by atoms with van der Waals surface area (Å²) in [6.07, 6.45) is 1.07. The van der Waals surface area contributed by atoms with Crippen molar-refractivity contribution in [3.05, 3.63) is 59.2 Å². The minimum atomic E-state index is 0.329. The lowest BCUT2D eigenvalue weighted by Gasteiger charge is -2.09. The first kappa shape index (κ1) is 13.0. The first-order chi connectivity index (χ1) is 9.86. The van der Waals surface area contributed by atoms with E-state index in [1.165, 1.54) is 16.7 Å². The molecular formula is C17H19NO2. The molecule has 3 heteroatoms. The van der Waals surface area contributed by atoms with Gasteiger partial charge in [-0.3, -0.25) is 0 Å². The predicted molar refractivity (Wildman–Crippen MR) is 78.9 cm³/mol. The summed E-state index contributed by atoms with van der Waals surface area (Å²) in [5, 5.41) is 3.49. The quantitative estimate of drug-likeness (QED) is 0.903. The van der Waals surface area contributed by atoms with E-state index >= 15 is 0 Å². The van der Waals surface area contributed by atoms with E-state index in [-0.39, 0.29) is 0 Å². The summed E-state index contributed by atoms with van der Waals surface area (Å²) in [5.41, 5.74) is 3.99. The van der Waals surface area contributed by atoms with Gasteiger partial charge in [0, 0.05) is 13.1 Å². The molecule has 0 amide bonds. The molecule has 0 fully saturated rings. The van der Waals surface area contributed by atoms with Crippen molar-refractivity contribution >= 4 is 0 Å². The summed E-state index contributed by atoms with van der Waals surface area (Å²) in [5.74, 6) is 1.68. The standard InChI is InChI=1S/C17H19NO2/c1-2-14-5-3-4-6-15(14)11-18-10-13-7-8-16-17(9-13)20-12-19-16/h3-9,18H,2,10-12H2,1H3. The molecule has 0 radical (unpaired) electrons. The lowest BCUT2D eigenvalue weighted by atomic mass is 10.1. The topological polar surface area (TPSA) is 30.5 Å². The minimum absolute atomic E-state index is 0.329. The van der Waals surface area contributed by atoms with Crippen LogP contribution in [0.4, 0.5) is 0 Å². The van der Waals surface area contributed by atoms with Crippen LogP contribution in [0.5, 0.6) is 11.5 Å². The van der Waals surface area contributed by atoms with Crippen LogP contribution >= 0.6 is 0 Å². The number of benzene rings is 2. The molecule has 2 aromatic rings. The van der Waals surface area contributed by atoms with Gasteiger partial charge in [-0.25, -0.2) is 0 Å². The molecule has 1 aliphatic rings. The Morgan fingerprint density at radius 3 is 2.60 bits per heavy atom. The van der Waals surface area contributed by atoms with Gasteiger partial charge in [0.25, 0.3) is 0 Å². The molecular weight excluding hydrogens is 250 g/mol. The molecule has 0 aromatic heterocycles. The second-order valence-corrected chi connectivity index (χ2v) is 4.91. The smallest absolute Gasteiger partial charge is 0.231 e. The van der Waals surface area contributed by atoms with Crippen molar-refractivity contribution in [2.24, 2.45) is 0 Å². The number of nitrogens with one attached hydrogen (secondary N) is 1. The van der Waals surface area contributed by atoms with Crippen LogP contribution in [0.25, 0.3) is 0 Å². The summed E-state index contributed by atoms with van der Waals surface area (Å²) < 4.78 is 10.7. The maximum Gasteiger partial charge on any atom is 0.231 e. The van der Waals surface area contributed by atoms with Gasteiger partial charge < -0.3 is 14.8 Å². The van der Waals surface area contributed by atoms with Crippen LogP contribution in [0.15, 0.2) is 42.5 Å². The Morgan fingerprint density at radius 2 is 1.75 bits per heavy atom. The van der Waals surface area contributed by atoms with Crippen molar-refractivity contribution in [2.45, 2.75) is 26.4 Å². The van der Waals surface area contributed by atoms with Gasteiger partial charge in [0.05, 0.1) is 0 Å². The van der Waals surface area contributed by atoms with Crippen molar-refractivity contribution in [2.75, 3.05) is 6.79 Å². The molecule has 104 valence electrons. The number of aryl methyl sites for hydroxylation is 1. The molecule has 0 spiro atoms. The fourth-order valence-corrected chi connectivity index (χ4v) is 2.47. The van der Waals surface area contributed by atoms with Gasteiger partial charge in [-0.1, -0.05) is 37.3 Å². The second-order valence-electron chi connectivity index (χ2n) is 4.91. The molecule has 1 aliphatic heterocycles. The van der Waals surface area contributed by atoms with E-state index in [1.54, 1.807) is 0 Å². The Balaban J connectivity index is 1.60. The minimum Gasteiger partial charge on any atom is -0.454 e. The Morgan fingerprint density at radius 1 is 0.950 bits per heavy atom. The van der Waals surface area contributed by atoms with E-state index in [4.69, 9.17) is 9.47 Å². The zero-order valence-electron chi connectivity index (χ0n) is 11.7. The van der Waals surface area contributed by atoms with Gasteiger partial charge in [0.1, 0.15) is 0 Å². The van der Waals surface area contributed by atoms with E-state index in [0.717, 1.165) is 31.0 Å². The largest absolute Gasteiger partial charge is 0.454 e. The van der Waals surface area contributed by atoms with E-state index in [2.05, 4.69) is 42.6 Å². The molecule has 0 saturated carbocycles. The Kier molecular flexibility index (Phi) is 3.88. The highest BCUT2D eigenvalue weighted by Gasteiger charge is 2.12. The fourth-order valence-electron chi connectivity index (χ4n) is 2.47. The third-order valence-electron chi connectivity index (χ3n) is 3.58. The zero-order valence-corrected chi connectivity index (χ0v) is 11.7. The van der Waals surface area contributed by atoms with Gasteiger partial charge in [-0.15, -0.1) is 0 Å². The average molecular weight is 269 g/mol. The van der Waals surface area contributed by atoms with Crippen LogP contribution in [0, 0.1) is 0 Å². The summed E-state index contributed by atoms with van der Waals surface area (Å²) in [6.45, 7) is 4.24. The van der Waals surface area contributed by atoms with Gasteiger partial charge in [0.2, 0.25) is 6.79 Å². The van der Waals surface area contributed by atoms with Gasteiger partial charge in [-0.05, 0) is 35.2 Å². The highest BCUT2D eigenvalue weighted by Crippen LogP contribution is 2.32. The normalized spacial score (nSPS) is 12.7. The third-order valence-corrected chi connectivity index (χ3v) is 3.58. The van der Waals surface area contributed by atoms with Crippen LogP contribution in [-0.2, 0) is 19.5 Å². The average Bonchev–Trinajstić information content (AvgIpc) is 2.95. The monoisotopic (exact) mass is 269 g/mol. The lowest BCUT2D eigenvalue weighted by molar-refractivity contribution is 0.174. The third kappa shape index (κ3) is 2.78. The molecule has 0 aliphatic carbocycles. The van der Waals surface area contributed by atoms with E-state index < -0.39 is 0 Å². The van der Waals surface area contributed by atoms with E-state index in [9.17, 15) is 0 Å². The molecule has 0 unspecified atom stereocenters. The molecule has 3 nitrogen and oxygen atoms in total. The Bertz CT molecular complexity index is 595. The van der Waals surface area contributed by atoms with Crippen LogP contribution < -0.4 is 14.8 Å². The van der Waals surface area contributed by atoms with Crippen molar-refractivity contribution in [1.29, 1.82) is 0 Å². The van der Waals surface area contributed by atoms with Crippen LogP contribution in [0.2, 0.25) is 0 Å². The predicted octanol–water partition coefficient (Wildman–Crippen LogP) is 3.27. The van der Waals surface area contributed by atoms with Crippen molar-refractivity contribution in [3.8, 4) is 11.5 Å². The highest BCUT2D eigenvalue weighted by atomic mass is 16.7. The number of ether oxygens (including phenoxy) is 2. The van der Waals surface area contributed by atoms with E-state index in [0.29, 0.717) is 6.79 Å². The van der Waals surface area contributed by atoms with Crippen molar-refractivity contribution < 1.29 is 9.47 Å². The number of hydrogen-bond donors (Lipinski definition) is 1. The van der Waals surface area contributed by atoms with Crippen molar-refractivity contribution in [1.82, 2.24) is 5.32 Å². The lowest BCUT2D eigenvalue weighted by Crippen LogP contribution is -2.13. The maximum atomic E-state index is 5.39. The summed E-state index contributed by atoms with van der Waals surface area (Å²) in [6, 6.07) is 14.7. The summed E-state index contributed by atoms with van der Waals surface area (Å²) >= 11 is 0. The zero-order chi connectivity index (χ0) is 13.8. The highest BCUT2D eigenvalue weighted by molar-refractivity contribution is 5.44. The van der Waals surface area contributed by atoms with E-state index in [1.807, 2.05) is 12.1 Å². The maximum absolute atomic E-state index is 5.39. The number of hydrogen-bond acceptors (Lipinski definition) is 3. The molecule has 0 bridgehead atoms. The van der Waals surface area contributed by atoms with Crippen molar-refractivity contribution in [3.63, 3.8) is 0 Å². The second kappa shape index (κ2) is 5.97. The van der Waals surface area contributed by atoms with Crippen LogP contribution in [-0.4, -0.2) is 6.79 Å². The summed E-state index contributed by atoms with van der Waals surface area (Å²) in [4.78, 5) is 0. The molecule has 20 heavy (non-hydrogen) atoms. The molecule has 2 aromatic carbocycles. The summed E-state index contributed by atoms with van der Waals surface area (Å²) in [7, 11) is 0. The number of rotatable bonds is 5. The Hall–Kier alpha value is -2.00. The molecule has 3 rings (SSSR count). The van der Waals surface area contributed by atoms with Gasteiger partial charge >= 0.3 is 0 Å². The fraction of sp³-hybridized carbons (Fsp3) is 0.294. The van der Waals surface area contributed by atoms with Gasteiger partial charge in [-0.2, -0.15) is 0 Å². The molecule has 1 N–H and O–H groups in total. The number of fused-ring (bicyclic) bond motifs is 1. The Labute approximate surface area is 119 Å². The van der Waals surface area contributed by atoms with Crippen LogP contribution in [0.1, 0.15) is 23.6 Å². The SMILES string of the molecule is CCc1ccccc1CNCc1ccc2c(c1)OCO2. The first-order valence-corrected chi connectivity index (χ1v) is 7.03. The van der Waals surface area contributed by atoms with Crippen LogP contribution in [0.3, 0.4) is 0 Å². The molecule has 1 heterocycles. The first-order valence-electron chi connectivity index (χ1n) is 7.03. The molecule has 0 atom stereocenters. The van der Waals surface area contributed by atoms with Gasteiger partial charge in [0.15, 0.2) is 11.5 Å². The molecule has 0 saturated heterocycles.